The molecular weight excluding hydrogens is 358 g/mol. The summed E-state index contributed by atoms with van der Waals surface area (Å²) in [6.07, 6.45) is 0.168. The number of methoxy groups -OCH3 is 2. The molecule has 0 aliphatic heterocycles. The van der Waals surface area contributed by atoms with E-state index in [9.17, 15) is 9.59 Å². The normalized spacial score (nSPS) is 10.1. The maximum atomic E-state index is 11.7. The highest BCUT2D eigenvalue weighted by Crippen LogP contribution is 2.32. The van der Waals surface area contributed by atoms with Crippen LogP contribution in [0.1, 0.15) is 18.4 Å². The fourth-order valence-corrected chi connectivity index (χ4v) is 2.31. The van der Waals surface area contributed by atoms with Crippen LogP contribution < -0.4 is 14.8 Å². The molecule has 0 radical (unpaired) electrons. The topological polar surface area (TPSA) is 73.9 Å². The molecule has 0 saturated heterocycles. The first-order valence-electron chi connectivity index (χ1n) is 7.95. The van der Waals surface area contributed by atoms with Gasteiger partial charge in [0.25, 0.3) is 0 Å². The molecule has 0 atom stereocenters. The molecule has 0 saturated carbocycles. The van der Waals surface area contributed by atoms with Crippen molar-refractivity contribution in [1.29, 1.82) is 0 Å². The number of benzene rings is 2. The van der Waals surface area contributed by atoms with Crippen LogP contribution in [0.4, 0.5) is 0 Å². The Morgan fingerprint density at radius 2 is 1.69 bits per heavy atom. The van der Waals surface area contributed by atoms with Gasteiger partial charge in [0.2, 0.25) is 5.91 Å². The maximum Gasteiger partial charge on any atom is 0.306 e. The maximum absolute atomic E-state index is 11.7. The number of halogens is 1. The monoisotopic (exact) mass is 377 g/mol. The molecule has 0 aliphatic carbocycles. The summed E-state index contributed by atoms with van der Waals surface area (Å²) in [6.45, 7) is 0.365. The van der Waals surface area contributed by atoms with Gasteiger partial charge in [-0.25, -0.2) is 0 Å². The predicted molar refractivity (Wildman–Crippen MR) is 97.6 cm³/mol. The Morgan fingerprint density at radius 1 is 1.00 bits per heavy atom. The molecular formula is C19H20ClNO5. The lowest BCUT2D eigenvalue weighted by molar-refractivity contribution is -0.142. The van der Waals surface area contributed by atoms with E-state index in [1.807, 2.05) is 12.1 Å². The summed E-state index contributed by atoms with van der Waals surface area (Å²) in [4.78, 5) is 22.7. The Labute approximate surface area is 157 Å². The van der Waals surface area contributed by atoms with E-state index < -0.39 is 5.97 Å². The Morgan fingerprint density at radius 3 is 2.31 bits per heavy atom. The van der Waals surface area contributed by atoms with Crippen LogP contribution in [0.25, 0.3) is 0 Å². The van der Waals surface area contributed by atoms with Crippen molar-refractivity contribution in [2.24, 2.45) is 0 Å². The number of hydrogen-bond acceptors (Lipinski definition) is 5. The van der Waals surface area contributed by atoms with Crippen LogP contribution in [0.3, 0.4) is 0 Å². The van der Waals surface area contributed by atoms with Gasteiger partial charge in [-0.2, -0.15) is 0 Å². The summed E-state index contributed by atoms with van der Waals surface area (Å²) in [5.74, 6) is 1.19. The fourth-order valence-electron chi connectivity index (χ4n) is 2.10. The molecule has 6 nitrogen and oxygen atoms in total. The molecule has 0 heterocycles. The van der Waals surface area contributed by atoms with E-state index in [1.165, 1.54) is 7.11 Å². The highest BCUT2D eigenvalue weighted by Gasteiger charge is 2.07. The Bertz CT molecular complexity index is 761. The van der Waals surface area contributed by atoms with Crippen LogP contribution >= 0.6 is 11.6 Å². The van der Waals surface area contributed by atoms with Crippen molar-refractivity contribution in [2.45, 2.75) is 19.4 Å². The number of esters is 1. The highest BCUT2D eigenvalue weighted by molar-refractivity contribution is 6.32. The molecule has 7 heteroatoms. The zero-order valence-corrected chi connectivity index (χ0v) is 15.3. The number of carbonyl (C=O) groups excluding carboxylic acids is 2. The molecule has 0 spiro atoms. The molecule has 138 valence electrons. The lowest BCUT2D eigenvalue weighted by Gasteiger charge is -2.10. The van der Waals surface area contributed by atoms with Gasteiger partial charge >= 0.3 is 5.97 Å². The molecule has 1 N–H and O–H groups in total. The Balaban J connectivity index is 1.86. The molecule has 1 amide bonds. The van der Waals surface area contributed by atoms with Gasteiger partial charge < -0.3 is 19.5 Å². The first-order chi connectivity index (χ1) is 12.5. The van der Waals surface area contributed by atoms with Crippen molar-refractivity contribution in [1.82, 2.24) is 5.32 Å². The average Bonchev–Trinajstić information content (AvgIpc) is 2.66. The quantitative estimate of drug-likeness (QED) is 0.710. The Hall–Kier alpha value is -2.73. The van der Waals surface area contributed by atoms with Gasteiger partial charge in [0.05, 0.1) is 25.7 Å². The van der Waals surface area contributed by atoms with E-state index in [1.54, 1.807) is 37.4 Å². The molecule has 2 aromatic carbocycles. The van der Waals surface area contributed by atoms with Gasteiger partial charge in [-0.3, -0.25) is 9.59 Å². The van der Waals surface area contributed by atoms with Crippen molar-refractivity contribution >= 4 is 23.5 Å². The lowest BCUT2D eigenvalue weighted by Crippen LogP contribution is -2.23. The van der Waals surface area contributed by atoms with Crippen LogP contribution in [-0.2, 0) is 20.9 Å². The van der Waals surface area contributed by atoms with Crippen LogP contribution in [0.15, 0.2) is 42.5 Å². The molecule has 26 heavy (non-hydrogen) atoms. The fraction of sp³-hybridized carbons (Fsp3) is 0.263. The second-order valence-corrected chi connectivity index (χ2v) is 5.80. The summed E-state index contributed by atoms with van der Waals surface area (Å²) in [6, 6.07) is 12.4. The minimum Gasteiger partial charge on any atom is -0.497 e. The van der Waals surface area contributed by atoms with Gasteiger partial charge in [-0.1, -0.05) is 23.7 Å². The molecule has 2 aromatic rings. The first kappa shape index (κ1) is 19.6. The van der Waals surface area contributed by atoms with Crippen LogP contribution in [0.2, 0.25) is 5.02 Å². The van der Waals surface area contributed by atoms with E-state index in [-0.39, 0.29) is 18.7 Å². The number of nitrogens with one attached hydrogen (secondary N) is 1. The van der Waals surface area contributed by atoms with E-state index >= 15 is 0 Å². The van der Waals surface area contributed by atoms with Crippen molar-refractivity contribution in [3.63, 3.8) is 0 Å². The third kappa shape index (κ3) is 5.97. The summed E-state index contributed by atoms with van der Waals surface area (Å²) in [5.41, 5.74) is 0.907. The predicted octanol–water partition coefficient (Wildman–Crippen LogP) is 3.71. The summed E-state index contributed by atoms with van der Waals surface area (Å²) >= 11 is 6.15. The van der Waals surface area contributed by atoms with Gasteiger partial charge in [-0.05, 0) is 29.8 Å². The minimum absolute atomic E-state index is 0.0672. The lowest BCUT2D eigenvalue weighted by atomic mass is 10.2. The van der Waals surface area contributed by atoms with Crippen molar-refractivity contribution in [3.8, 4) is 17.2 Å². The van der Waals surface area contributed by atoms with Crippen molar-refractivity contribution in [2.75, 3.05) is 14.2 Å². The second kappa shape index (κ2) is 9.68. The average molecular weight is 378 g/mol. The number of carbonyl (C=O) groups is 2. The van der Waals surface area contributed by atoms with Crippen LogP contribution in [0.5, 0.6) is 17.2 Å². The minimum atomic E-state index is -0.404. The summed E-state index contributed by atoms with van der Waals surface area (Å²) in [5, 5.41) is 3.20. The molecule has 0 aliphatic rings. The first-order valence-corrected chi connectivity index (χ1v) is 8.33. The van der Waals surface area contributed by atoms with E-state index in [4.69, 9.17) is 21.1 Å². The summed E-state index contributed by atoms with van der Waals surface area (Å²) in [7, 11) is 2.86. The number of hydrogen-bond donors (Lipinski definition) is 1. The van der Waals surface area contributed by atoms with Gasteiger partial charge in [-0.15, -0.1) is 0 Å². The zero-order valence-electron chi connectivity index (χ0n) is 14.6. The van der Waals surface area contributed by atoms with Crippen LogP contribution in [-0.4, -0.2) is 26.1 Å². The standard InChI is InChI=1S/C19H20ClNO5/c1-24-15-7-8-17(16(20)11-15)26-14-5-3-13(4-6-14)12-21-18(22)9-10-19(23)25-2/h3-8,11H,9-10,12H2,1-2H3,(H,21,22). The van der Waals surface area contributed by atoms with Crippen molar-refractivity contribution < 1.29 is 23.8 Å². The van der Waals surface area contributed by atoms with E-state index in [2.05, 4.69) is 10.1 Å². The highest BCUT2D eigenvalue weighted by atomic mass is 35.5. The number of rotatable bonds is 8. The van der Waals surface area contributed by atoms with Crippen LogP contribution in [0, 0.1) is 0 Å². The zero-order chi connectivity index (χ0) is 18.9. The third-order valence-electron chi connectivity index (χ3n) is 3.56. The number of amides is 1. The summed E-state index contributed by atoms with van der Waals surface area (Å²) < 4.78 is 15.3. The van der Waals surface area contributed by atoms with E-state index in [0.717, 1.165) is 5.56 Å². The van der Waals surface area contributed by atoms with E-state index in [0.29, 0.717) is 28.8 Å². The molecule has 0 fully saturated rings. The van der Waals surface area contributed by atoms with Gasteiger partial charge in [0.15, 0.2) is 0 Å². The Kier molecular flexibility index (Phi) is 7.29. The SMILES string of the molecule is COC(=O)CCC(=O)NCc1ccc(Oc2ccc(OC)cc2Cl)cc1. The number of ether oxygens (including phenoxy) is 3. The largest absolute Gasteiger partial charge is 0.497 e. The van der Waals surface area contributed by atoms with Gasteiger partial charge in [0.1, 0.15) is 17.2 Å². The molecule has 0 unspecified atom stereocenters. The second-order valence-electron chi connectivity index (χ2n) is 5.40. The van der Waals surface area contributed by atoms with Gasteiger partial charge in [0, 0.05) is 19.0 Å². The smallest absolute Gasteiger partial charge is 0.306 e. The third-order valence-corrected chi connectivity index (χ3v) is 3.86. The molecule has 0 aromatic heterocycles. The molecule has 2 rings (SSSR count). The molecule has 0 bridgehead atoms. The van der Waals surface area contributed by atoms with Crippen molar-refractivity contribution in [3.05, 3.63) is 53.1 Å².